The minimum atomic E-state index is 0.0765. The van der Waals surface area contributed by atoms with Gasteiger partial charge in [-0.25, -0.2) is 9.97 Å². The van der Waals surface area contributed by atoms with E-state index in [4.69, 9.17) is 4.74 Å². The summed E-state index contributed by atoms with van der Waals surface area (Å²) in [6.45, 7) is 6.97. The Labute approximate surface area is 120 Å². The third kappa shape index (κ3) is 3.14. The molecule has 1 unspecified atom stereocenters. The minimum absolute atomic E-state index is 0.0765. The third-order valence-electron chi connectivity index (χ3n) is 3.29. The number of nitrogens with zero attached hydrogens (tertiary/aromatic N) is 2. The van der Waals surface area contributed by atoms with Gasteiger partial charge in [-0.15, -0.1) is 0 Å². The molecular formula is C16H21N3O. The monoisotopic (exact) mass is 271 g/mol. The van der Waals surface area contributed by atoms with Gasteiger partial charge >= 0.3 is 0 Å². The average Bonchev–Trinajstić information content (AvgIpc) is 2.45. The highest BCUT2D eigenvalue weighted by atomic mass is 16.5. The number of aromatic nitrogens is 2. The van der Waals surface area contributed by atoms with Crippen molar-refractivity contribution in [3.63, 3.8) is 0 Å². The SMILES string of the molecule is CCNC(c1ccnc(C)n1)c1ccc(OC)cc1C. The van der Waals surface area contributed by atoms with Gasteiger partial charge in [-0.3, -0.25) is 0 Å². The summed E-state index contributed by atoms with van der Waals surface area (Å²) in [7, 11) is 1.68. The van der Waals surface area contributed by atoms with E-state index in [0.717, 1.165) is 23.8 Å². The zero-order valence-electron chi connectivity index (χ0n) is 12.5. The summed E-state index contributed by atoms with van der Waals surface area (Å²) in [6.07, 6.45) is 1.81. The number of ether oxygens (including phenoxy) is 1. The number of nitrogens with one attached hydrogen (secondary N) is 1. The molecule has 0 spiro atoms. The molecule has 0 aliphatic rings. The van der Waals surface area contributed by atoms with Crippen LogP contribution in [0.1, 0.15) is 35.6 Å². The molecular weight excluding hydrogens is 250 g/mol. The van der Waals surface area contributed by atoms with Gasteiger partial charge in [0.15, 0.2) is 0 Å². The van der Waals surface area contributed by atoms with E-state index in [0.29, 0.717) is 0 Å². The Kier molecular flexibility index (Phi) is 4.69. The van der Waals surface area contributed by atoms with Gasteiger partial charge in [0.2, 0.25) is 0 Å². The molecule has 2 rings (SSSR count). The molecule has 0 fully saturated rings. The molecule has 1 aromatic heterocycles. The average molecular weight is 271 g/mol. The summed E-state index contributed by atoms with van der Waals surface area (Å²) in [5.41, 5.74) is 3.39. The van der Waals surface area contributed by atoms with Crippen LogP contribution < -0.4 is 10.1 Å². The highest BCUT2D eigenvalue weighted by Crippen LogP contribution is 2.26. The van der Waals surface area contributed by atoms with Gasteiger partial charge in [0.1, 0.15) is 11.6 Å². The molecule has 0 saturated carbocycles. The number of rotatable bonds is 5. The zero-order valence-corrected chi connectivity index (χ0v) is 12.5. The van der Waals surface area contributed by atoms with Gasteiger partial charge < -0.3 is 10.1 Å². The zero-order chi connectivity index (χ0) is 14.5. The van der Waals surface area contributed by atoms with E-state index >= 15 is 0 Å². The van der Waals surface area contributed by atoms with Crippen LogP contribution in [0.3, 0.4) is 0 Å². The van der Waals surface area contributed by atoms with Crippen LogP contribution in [0.25, 0.3) is 0 Å². The van der Waals surface area contributed by atoms with Crippen LogP contribution >= 0.6 is 0 Å². The van der Waals surface area contributed by atoms with E-state index in [1.165, 1.54) is 11.1 Å². The van der Waals surface area contributed by atoms with Crippen molar-refractivity contribution in [1.82, 2.24) is 15.3 Å². The first-order valence-electron chi connectivity index (χ1n) is 6.83. The highest BCUT2D eigenvalue weighted by Gasteiger charge is 2.17. The molecule has 20 heavy (non-hydrogen) atoms. The Hall–Kier alpha value is -1.94. The normalized spacial score (nSPS) is 12.2. The van der Waals surface area contributed by atoms with Crippen molar-refractivity contribution in [3.05, 3.63) is 53.1 Å². The first kappa shape index (κ1) is 14.5. The quantitative estimate of drug-likeness (QED) is 0.908. The van der Waals surface area contributed by atoms with Crippen LogP contribution in [0.5, 0.6) is 5.75 Å². The number of methoxy groups -OCH3 is 1. The van der Waals surface area contributed by atoms with Crippen molar-refractivity contribution in [2.45, 2.75) is 26.8 Å². The van der Waals surface area contributed by atoms with Crippen LogP contribution in [0.4, 0.5) is 0 Å². The summed E-state index contributed by atoms with van der Waals surface area (Å²) in [5, 5.41) is 3.49. The lowest BCUT2D eigenvalue weighted by molar-refractivity contribution is 0.414. The maximum Gasteiger partial charge on any atom is 0.125 e. The van der Waals surface area contributed by atoms with Crippen molar-refractivity contribution in [2.24, 2.45) is 0 Å². The second kappa shape index (κ2) is 6.48. The number of aryl methyl sites for hydroxylation is 2. The first-order chi connectivity index (χ1) is 9.65. The smallest absolute Gasteiger partial charge is 0.125 e. The molecule has 4 nitrogen and oxygen atoms in total. The summed E-state index contributed by atoms with van der Waals surface area (Å²) >= 11 is 0. The fraction of sp³-hybridized carbons (Fsp3) is 0.375. The molecule has 0 radical (unpaired) electrons. The Morgan fingerprint density at radius 3 is 2.65 bits per heavy atom. The van der Waals surface area contributed by atoms with Gasteiger partial charge in [-0.1, -0.05) is 13.0 Å². The van der Waals surface area contributed by atoms with E-state index in [1.807, 2.05) is 25.1 Å². The van der Waals surface area contributed by atoms with E-state index in [-0.39, 0.29) is 6.04 Å². The standard InChI is InChI=1S/C16H21N3O/c1-5-17-16(15-8-9-18-12(3)19-15)14-7-6-13(20-4)10-11(14)2/h6-10,16-17H,5H2,1-4H3. The maximum absolute atomic E-state index is 5.27. The summed E-state index contributed by atoms with van der Waals surface area (Å²) in [4.78, 5) is 8.71. The molecule has 0 aliphatic heterocycles. The van der Waals surface area contributed by atoms with Crippen molar-refractivity contribution in [3.8, 4) is 5.75 Å². The van der Waals surface area contributed by atoms with E-state index in [1.54, 1.807) is 13.3 Å². The largest absolute Gasteiger partial charge is 0.497 e. The molecule has 1 aromatic carbocycles. The van der Waals surface area contributed by atoms with E-state index < -0.39 is 0 Å². The van der Waals surface area contributed by atoms with Crippen molar-refractivity contribution < 1.29 is 4.74 Å². The third-order valence-corrected chi connectivity index (χ3v) is 3.29. The van der Waals surface area contributed by atoms with E-state index in [2.05, 4.69) is 35.2 Å². The molecule has 1 atom stereocenters. The molecule has 0 bridgehead atoms. The van der Waals surface area contributed by atoms with Crippen molar-refractivity contribution in [1.29, 1.82) is 0 Å². The predicted octanol–water partition coefficient (Wildman–Crippen LogP) is 2.80. The summed E-state index contributed by atoms with van der Waals surface area (Å²) < 4.78 is 5.27. The van der Waals surface area contributed by atoms with Gasteiger partial charge in [-0.2, -0.15) is 0 Å². The lowest BCUT2D eigenvalue weighted by Gasteiger charge is -2.20. The molecule has 0 amide bonds. The van der Waals surface area contributed by atoms with Gasteiger partial charge in [0.05, 0.1) is 18.8 Å². The highest BCUT2D eigenvalue weighted by molar-refractivity contribution is 5.39. The van der Waals surface area contributed by atoms with Gasteiger partial charge in [0.25, 0.3) is 0 Å². The Bertz CT molecular complexity index is 584. The second-order valence-corrected chi connectivity index (χ2v) is 4.74. The molecule has 0 aliphatic carbocycles. The van der Waals surface area contributed by atoms with Crippen molar-refractivity contribution in [2.75, 3.05) is 13.7 Å². The summed E-state index contributed by atoms with van der Waals surface area (Å²) in [5.74, 6) is 1.66. The molecule has 1 heterocycles. The van der Waals surface area contributed by atoms with Gasteiger partial charge in [-0.05, 0) is 49.7 Å². The fourth-order valence-corrected chi connectivity index (χ4v) is 2.31. The summed E-state index contributed by atoms with van der Waals surface area (Å²) in [6, 6.07) is 8.17. The molecule has 4 heteroatoms. The van der Waals surface area contributed by atoms with Crippen LogP contribution in [-0.4, -0.2) is 23.6 Å². The molecule has 106 valence electrons. The lowest BCUT2D eigenvalue weighted by Crippen LogP contribution is -2.24. The van der Waals surface area contributed by atoms with Crippen LogP contribution in [0.15, 0.2) is 30.5 Å². The fourth-order valence-electron chi connectivity index (χ4n) is 2.31. The Balaban J connectivity index is 2.43. The molecule has 2 aromatic rings. The van der Waals surface area contributed by atoms with E-state index in [9.17, 15) is 0 Å². The topological polar surface area (TPSA) is 47.0 Å². The molecule has 1 N–H and O–H groups in total. The predicted molar refractivity (Wildman–Crippen MR) is 80.0 cm³/mol. The molecule has 0 saturated heterocycles. The Morgan fingerprint density at radius 1 is 1.25 bits per heavy atom. The lowest BCUT2D eigenvalue weighted by atomic mass is 9.98. The van der Waals surface area contributed by atoms with Crippen LogP contribution in [0.2, 0.25) is 0 Å². The first-order valence-corrected chi connectivity index (χ1v) is 6.83. The minimum Gasteiger partial charge on any atom is -0.497 e. The number of hydrogen-bond donors (Lipinski definition) is 1. The Morgan fingerprint density at radius 2 is 2.05 bits per heavy atom. The van der Waals surface area contributed by atoms with Crippen LogP contribution in [-0.2, 0) is 0 Å². The maximum atomic E-state index is 5.27. The number of benzene rings is 1. The van der Waals surface area contributed by atoms with Crippen LogP contribution in [0, 0.1) is 13.8 Å². The second-order valence-electron chi connectivity index (χ2n) is 4.74. The van der Waals surface area contributed by atoms with Crippen molar-refractivity contribution >= 4 is 0 Å². The number of hydrogen-bond acceptors (Lipinski definition) is 4. The van der Waals surface area contributed by atoms with Gasteiger partial charge in [0, 0.05) is 6.20 Å².